The van der Waals surface area contributed by atoms with Crippen LogP contribution in [0.15, 0.2) is 18.2 Å². The van der Waals surface area contributed by atoms with Gasteiger partial charge in [0.1, 0.15) is 0 Å². The first-order valence-electron chi connectivity index (χ1n) is 7.94. The molecule has 1 heterocycles. The maximum absolute atomic E-state index is 11.8. The van der Waals surface area contributed by atoms with Gasteiger partial charge in [0.2, 0.25) is 5.91 Å². The molecule has 0 aromatic heterocycles. The first-order valence-corrected chi connectivity index (χ1v) is 7.94. The fraction of sp³-hybridized carbons (Fsp3) is 0.611. The highest BCUT2D eigenvalue weighted by Gasteiger charge is 2.26. The Hall–Kier alpha value is -1.35. The molecule has 0 aliphatic carbocycles. The number of anilines is 1. The average Bonchev–Trinajstić information content (AvgIpc) is 2.68. The molecular weight excluding hydrogens is 260 g/mol. The highest BCUT2D eigenvalue weighted by Crippen LogP contribution is 2.34. The molecular formula is C18H28N2O. The molecule has 1 atom stereocenters. The van der Waals surface area contributed by atoms with Gasteiger partial charge >= 0.3 is 0 Å². The van der Waals surface area contributed by atoms with Crippen LogP contribution in [0.25, 0.3) is 0 Å². The topological polar surface area (TPSA) is 32.3 Å². The summed E-state index contributed by atoms with van der Waals surface area (Å²) >= 11 is 0. The number of hydrogen-bond donors (Lipinski definition) is 1. The van der Waals surface area contributed by atoms with Gasteiger partial charge in [-0.3, -0.25) is 4.79 Å². The van der Waals surface area contributed by atoms with Crippen LogP contribution in [0, 0.1) is 5.41 Å². The molecule has 116 valence electrons. The van der Waals surface area contributed by atoms with Crippen molar-refractivity contribution in [3.05, 3.63) is 29.3 Å². The number of fused-ring (bicyclic) bond motifs is 1. The molecule has 1 aromatic carbocycles. The van der Waals surface area contributed by atoms with E-state index >= 15 is 0 Å². The molecule has 3 nitrogen and oxygen atoms in total. The van der Waals surface area contributed by atoms with Crippen molar-refractivity contribution in [3.8, 4) is 0 Å². The second-order valence-electron chi connectivity index (χ2n) is 7.29. The Bertz CT molecular complexity index is 516. The van der Waals surface area contributed by atoms with Crippen LogP contribution < -0.4 is 10.2 Å². The highest BCUT2D eigenvalue weighted by atomic mass is 16.2. The molecule has 2 rings (SSSR count). The monoisotopic (exact) mass is 288 g/mol. The van der Waals surface area contributed by atoms with Crippen LogP contribution in [0.1, 0.15) is 57.7 Å². The molecule has 1 aliphatic heterocycles. The third kappa shape index (κ3) is 3.85. The van der Waals surface area contributed by atoms with E-state index in [0.717, 1.165) is 30.6 Å². The maximum atomic E-state index is 11.8. The van der Waals surface area contributed by atoms with Gasteiger partial charge in [-0.05, 0) is 42.0 Å². The van der Waals surface area contributed by atoms with E-state index in [4.69, 9.17) is 0 Å². The molecule has 1 unspecified atom stereocenters. The quantitative estimate of drug-likeness (QED) is 0.896. The second kappa shape index (κ2) is 6.18. The van der Waals surface area contributed by atoms with Gasteiger partial charge in [-0.25, -0.2) is 0 Å². The van der Waals surface area contributed by atoms with Crippen LogP contribution in [-0.4, -0.2) is 19.5 Å². The Labute approximate surface area is 128 Å². The molecule has 1 aliphatic rings. The third-order valence-corrected chi connectivity index (χ3v) is 4.04. The molecule has 1 N–H and O–H groups in total. The summed E-state index contributed by atoms with van der Waals surface area (Å²) in [5.41, 5.74) is 3.81. The zero-order valence-electron chi connectivity index (χ0n) is 14.0. The minimum absolute atomic E-state index is 0.191. The number of nitrogens with zero attached hydrogens (tertiary/aromatic N) is 1. The van der Waals surface area contributed by atoms with E-state index in [1.54, 1.807) is 4.90 Å². The first kappa shape index (κ1) is 16.0. The van der Waals surface area contributed by atoms with Crippen LogP contribution in [0.4, 0.5) is 5.69 Å². The van der Waals surface area contributed by atoms with Crippen molar-refractivity contribution in [1.29, 1.82) is 0 Å². The first-order chi connectivity index (χ1) is 9.81. The molecule has 0 saturated carbocycles. The number of carbonyl (C=O) groups excluding carboxylic acids is 1. The molecule has 1 aromatic rings. The number of carbonyl (C=O) groups is 1. The van der Waals surface area contributed by atoms with Gasteiger partial charge in [0.05, 0.1) is 6.42 Å². The normalized spacial score (nSPS) is 16.2. The number of benzene rings is 1. The second-order valence-corrected chi connectivity index (χ2v) is 7.29. The largest absolute Gasteiger partial charge is 0.315 e. The Morgan fingerprint density at radius 3 is 2.67 bits per heavy atom. The molecule has 0 saturated heterocycles. The van der Waals surface area contributed by atoms with Gasteiger partial charge in [0.15, 0.2) is 0 Å². The van der Waals surface area contributed by atoms with Crippen LogP contribution in [-0.2, 0) is 11.2 Å². The van der Waals surface area contributed by atoms with Crippen molar-refractivity contribution in [1.82, 2.24) is 5.32 Å². The summed E-state index contributed by atoms with van der Waals surface area (Å²) in [5.74, 6) is 0.191. The number of nitrogens with one attached hydrogen (secondary N) is 1. The molecule has 0 bridgehead atoms. The van der Waals surface area contributed by atoms with Crippen LogP contribution in [0.5, 0.6) is 0 Å². The lowest BCUT2D eigenvalue weighted by atomic mass is 9.85. The van der Waals surface area contributed by atoms with Crippen molar-refractivity contribution in [2.45, 2.75) is 53.0 Å². The van der Waals surface area contributed by atoms with Crippen molar-refractivity contribution in [3.63, 3.8) is 0 Å². The van der Waals surface area contributed by atoms with Crippen molar-refractivity contribution >= 4 is 11.6 Å². The van der Waals surface area contributed by atoms with E-state index < -0.39 is 0 Å². The summed E-state index contributed by atoms with van der Waals surface area (Å²) < 4.78 is 0. The van der Waals surface area contributed by atoms with E-state index in [1.807, 2.05) is 7.05 Å². The van der Waals surface area contributed by atoms with Gasteiger partial charge in [-0.1, -0.05) is 39.8 Å². The Morgan fingerprint density at radius 1 is 1.33 bits per heavy atom. The fourth-order valence-corrected chi connectivity index (χ4v) is 2.95. The molecule has 0 fully saturated rings. The number of amides is 1. The Balaban J connectivity index is 2.25. The fourth-order valence-electron chi connectivity index (χ4n) is 2.95. The van der Waals surface area contributed by atoms with E-state index in [9.17, 15) is 4.79 Å². The van der Waals surface area contributed by atoms with Crippen LogP contribution in [0.2, 0.25) is 0 Å². The molecule has 0 spiro atoms. The van der Waals surface area contributed by atoms with Gasteiger partial charge < -0.3 is 10.2 Å². The van der Waals surface area contributed by atoms with Gasteiger partial charge in [0.25, 0.3) is 0 Å². The summed E-state index contributed by atoms with van der Waals surface area (Å²) in [6.07, 6.45) is 2.76. The summed E-state index contributed by atoms with van der Waals surface area (Å²) in [5, 5.41) is 3.66. The van der Waals surface area contributed by atoms with E-state index in [-0.39, 0.29) is 11.3 Å². The smallest absolute Gasteiger partial charge is 0.231 e. The summed E-state index contributed by atoms with van der Waals surface area (Å²) in [7, 11) is 1.86. The number of likely N-dealkylation sites (N-methyl/N-ethyl adjacent to an activating group) is 1. The third-order valence-electron chi connectivity index (χ3n) is 4.04. The minimum Gasteiger partial charge on any atom is -0.315 e. The predicted molar refractivity (Wildman–Crippen MR) is 88.7 cm³/mol. The Morgan fingerprint density at radius 2 is 2.05 bits per heavy atom. The molecule has 1 amide bonds. The van der Waals surface area contributed by atoms with Crippen LogP contribution >= 0.6 is 0 Å². The van der Waals surface area contributed by atoms with E-state index in [0.29, 0.717) is 12.5 Å². The lowest BCUT2D eigenvalue weighted by molar-refractivity contribution is -0.117. The van der Waals surface area contributed by atoms with Crippen molar-refractivity contribution < 1.29 is 4.79 Å². The number of rotatable bonds is 5. The van der Waals surface area contributed by atoms with Gasteiger partial charge in [0, 0.05) is 18.8 Å². The van der Waals surface area contributed by atoms with Crippen LogP contribution in [0.3, 0.4) is 0 Å². The highest BCUT2D eigenvalue weighted by molar-refractivity contribution is 6.00. The average molecular weight is 288 g/mol. The van der Waals surface area contributed by atoms with E-state index in [1.165, 1.54) is 5.56 Å². The van der Waals surface area contributed by atoms with Gasteiger partial charge in [-0.15, -0.1) is 0 Å². The predicted octanol–water partition coefficient (Wildman–Crippen LogP) is 3.68. The number of hydrogen-bond acceptors (Lipinski definition) is 2. The zero-order chi connectivity index (χ0) is 15.6. The molecule has 3 heteroatoms. The molecule has 0 radical (unpaired) electrons. The summed E-state index contributed by atoms with van der Waals surface area (Å²) in [6.45, 7) is 10.0. The lowest BCUT2D eigenvalue weighted by Crippen LogP contribution is -2.26. The summed E-state index contributed by atoms with van der Waals surface area (Å²) in [4.78, 5) is 13.6. The Kier molecular flexibility index (Phi) is 4.72. The minimum atomic E-state index is 0.191. The van der Waals surface area contributed by atoms with Crippen molar-refractivity contribution in [2.75, 3.05) is 18.5 Å². The van der Waals surface area contributed by atoms with Crippen molar-refractivity contribution in [2.24, 2.45) is 5.41 Å². The maximum Gasteiger partial charge on any atom is 0.231 e. The molecule has 21 heavy (non-hydrogen) atoms. The SMILES string of the molecule is CCCNC(CC(C)(C)C)c1ccc2c(c1)CC(=O)N2C. The standard InChI is InChI=1S/C18H28N2O/c1-6-9-19-15(12-18(2,3)4)13-7-8-16-14(10-13)11-17(21)20(16)5/h7-8,10,15,19H,6,9,11-12H2,1-5H3. The van der Waals surface area contributed by atoms with Gasteiger partial charge in [-0.2, -0.15) is 0 Å². The van der Waals surface area contributed by atoms with E-state index in [2.05, 4.69) is 51.2 Å². The summed E-state index contributed by atoms with van der Waals surface area (Å²) in [6, 6.07) is 6.85. The lowest BCUT2D eigenvalue weighted by Gasteiger charge is -2.27. The zero-order valence-corrected chi connectivity index (χ0v) is 14.0.